The van der Waals surface area contributed by atoms with E-state index in [-0.39, 0.29) is 17.0 Å². The van der Waals surface area contributed by atoms with Crippen LogP contribution >= 0.6 is 0 Å². The van der Waals surface area contributed by atoms with E-state index in [4.69, 9.17) is 0 Å². The predicted octanol–water partition coefficient (Wildman–Crippen LogP) is 3.39. The summed E-state index contributed by atoms with van der Waals surface area (Å²) < 4.78 is 27.7. The molecule has 0 aliphatic heterocycles. The van der Waals surface area contributed by atoms with Crippen LogP contribution in [0.5, 0.6) is 0 Å². The molecule has 0 heterocycles. The zero-order valence-electron chi connectivity index (χ0n) is 14.2. The third kappa shape index (κ3) is 4.51. The summed E-state index contributed by atoms with van der Waals surface area (Å²) in [4.78, 5) is 12.0. The van der Waals surface area contributed by atoms with Gasteiger partial charge in [-0.15, -0.1) is 0 Å². The normalized spacial score (nSPS) is 14.0. The Bertz CT molecular complexity index is 888. The first-order chi connectivity index (χ1) is 11.8. The SMILES string of the molecule is Cc1ccc(C)c(S(=O)(=O)Nc2ccc(NC(=O)NC3CC3)cc2)c1. The summed E-state index contributed by atoms with van der Waals surface area (Å²) >= 11 is 0. The monoisotopic (exact) mass is 359 g/mol. The Labute approximate surface area is 147 Å². The van der Waals surface area contributed by atoms with Crippen LogP contribution in [0.15, 0.2) is 47.4 Å². The second-order valence-corrected chi connectivity index (χ2v) is 7.98. The van der Waals surface area contributed by atoms with Gasteiger partial charge < -0.3 is 10.6 Å². The maximum Gasteiger partial charge on any atom is 0.319 e. The van der Waals surface area contributed by atoms with Gasteiger partial charge >= 0.3 is 6.03 Å². The fraction of sp³-hybridized carbons (Fsp3) is 0.278. The van der Waals surface area contributed by atoms with Gasteiger partial charge in [0.25, 0.3) is 10.0 Å². The lowest BCUT2D eigenvalue weighted by atomic mass is 10.2. The average molecular weight is 359 g/mol. The lowest BCUT2D eigenvalue weighted by Crippen LogP contribution is -2.30. The molecule has 25 heavy (non-hydrogen) atoms. The van der Waals surface area contributed by atoms with E-state index in [0.29, 0.717) is 16.9 Å². The summed E-state index contributed by atoms with van der Waals surface area (Å²) in [5.74, 6) is 0. The molecule has 0 unspecified atom stereocenters. The van der Waals surface area contributed by atoms with Gasteiger partial charge in [-0.25, -0.2) is 13.2 Å². The van der Waals surface area contributed by atoms with Crippen LogP contribution in [0.1, 0.15) is 24.0 Å². The summed E-state index contributed by atoms with van der Waals surface area (Å²) in [6.45, 7) is 3.62. The first-order valence-electron chi connectivity index (χ1n) is 8.11. The zero-order valence-corrected chi connectivity index (χ0v) is 15.0. The Hall–Kier alpha value is -2.54. The van der Waals surface area contributed by atoms with Crippen LogP contribution in [0, 0.1) is 13.8 Å². The molecule has 2 amide bonds. The summed E-state index contributed by atoms with van der Waals surface area (Å²) in [6.07, 6.45) is 2.04. The van der Waals surface area contributed by atoms with Crippen molar-refractivity contribution in [1.82, 2.24) is 5.32 Å². The lowest BCUT2D eigenvalue weighted by molar-refractivity contribution is 0.251. The Morgan fingerprint density at radius 3 is 2.28 bits per heavy atom. The standard InChI is InChI=1S/C18H21N3O3S/c1-12-3-4-13(2)17(11-12)25(23,24)21-16-9-7-15(8-10-16)20-18(22)19-14-5-6-14/h3-4,7-11,14,21H,5-6H2,1-2H3,(H2,19,20,22). The van der Waals surface area contributed by atoms with Gasteiger partial charge in [-0.3, -0.25) is 4.72 Å². The van der Waals surface area contributed by atoms with Crippen molar-refractivity contribution < 1.29 is 13.2 Å². The van der Waals surface area contributed by atoms with E-state index in [2.05, 4.69) is 15.4 Å². The Kier molecular flexibility index (Phi) is 4.67. The van der Waals surface area contributed by atoms with Crippen molar-refractivity contribution in [3.63, 3.8) is 0 Å². The number of hydrogen-bond acceptors (Lipinski definition) is 3. The van der Waals surface area contributed by atoms with Crippen LogP contribution in [-0.4, -0.2) is 20.5 Å². The molecule has 6 nitrogen and oxygen atoms in total. The second kappa shape index (κ2) is 6.76. The fourth-order valence-electron chi connectivity index (χ4n) is 2.41. The number of rotatable bonds is 5. The molecule has 1 aliphatic carbocycles. The largest absolute Gasteiger partial charge is 0.335 e. The number of hydrogen-bond donors (Lipinski definition) is 3. The van der Waals surface area contributed by atoms with Crippen LogP contribution in [0.3, 0.4) is 0 Å². The van der Waals surface area contributed by atoms with Gasteiger partial charge in [0, 0.05) is 17.4 Å². The minimum atomic E-state index is -3.66. The maximum absolute atomic E-state index is 12.6. The van der Waals surface area contributed by atoms with E-state index in [1.807, 2.05) is 13.0 Å². The molecule has 1 saturated carbocycles. The van der Waals surface area contributed by atoms with Gasteiger partial charge in [-0.1, -0.05) is 12.1 Å². The molecule has 2 aromatic rings. The van der Waals surface area contributed by atoms with Crippen molar-refractivity contribution in [3.05, 3.63) is 53.6 Å². The highest BCUT2D eigenvalue weighted by Crippen LogP contribution is 2.22. The van der Waals surface area contributed by atoms with Gasteiger partial charge in [-0.2, -0.15) is 0 Å². The van der Waals surface area contributed by atoms with Crippen LogP contribution in [0.4, 0.5) is 16.2 Å². The van der Waals surface area contributed by atoms with Crippen molar-refractivity contribution in [1.29, 1.82) is 0 Å². The number of urea groups is 1. The number of sulfonamides is 1. The van der Waals surface area contributed by atoms with Crippen LogP contribution < -0.4 is 15.4 Å². The van der Waals surface area contributed by atoms with Crippen molar-refractivity contribution >= 4 is 27.4 Å². The number of anilines is 2. The molecule has 0 aromatic heterocycles. The lowest BCUT2D eigenvalue weighted by Gasteiger charge is -2.12. The molecule has 3 N–H and O–H groups in total. The highest BCUT2D eigenvalue weighted by Gasteiger charge is 2.23. The van der Waals surface area contributed by atoms with Gasteiger partial charge in [-0.05, 0) is 68.1 Å². The third-order valence-corrected chi connectivity index (χ3v) is 5.46. The van der Waals surface area contributed by atoms with Crippen molar-refractivity contribution in [2.45, 2.75) is 37.6 Å². The molecule has 0 spiro atoms. The van der Waals surface area contributed by atoms with Crippen LogP contribution in [0.2, 0.25) is 0 Å². The molecule has 1 fully saturated rings. The minimum Gasteiger partial charge on any atom is -0.335 e. The van der Waals surface area contributed by atoms with E-state index >= 15 is 0 Å². The fourth-order valence-corrected chi connectivity index (χ4v) is 3.80. The minimum absolute atomic E-state index is 0.244. The van der Waals surface area contributed by atoms with E-state index in [1.54, 1.807) is 43.3 Å². The smallest absolute Gasteiger partial charge is 0.319 e. The Morgan fingerprint density at radius 1 is 1.00 bits per heavy atom. The summed E-state index contributed by atoms with van der Waals surface area (Å²) in [6, 6.07) is 11.9. The van der Waals surface area contributed by atoms with Gasteiger partial charge in [0.05, 0.1) is 4.90 Å². The highest BCUT2D eigenvalue weighted by atomic mass is 32.2. The molecule has 132 valence electrons. The summed E-state index contributed by atoms with van der Waals surface area (Å²) in [5, 5.41) is 5.55. The van der Waals surface area contributed by atoms with Gasteiger partial charge in [0.1, 0.15) is 0 Å². The molecule has 0 bridgehead atoms. The zero-order chi connectivity index (χ0) is 18.0. The number of benzene rings is 2. The number of aryl methyl sites for hydroxylation is 2. The Balaban J connectivity index is 1.69. The molecular formula is C18H21N3O3S. The quantitative estimate of drug-likeness (QED) is 0.765. The predicted molar refractivity (Wildman–Crippen MR) is 98.3 cm³/mol. The molecule has 7 heteroatoms. The van der Waals surface area contributed by atoms with Gasteiger partial charge in [0.15, 0.2) is 0 Å². The molecule has 1 aliphatic rings. The topological polar surface area (TPSA) is 87.3 Å². The average Bonchev–Trinajstić information content (AvgIpc) is 3.35. The van der Waals surface area contributed by atoms with Crippen LogP contribution in [0.25, 0.3) is 0 Å². The van der Waals surface area contributed by atoms with Crippen molar-refractivity contribution in [2.24, 2.45) is 0 Å². The van der Waals surface area contributed by atoms with E-state index in [1.165, 1.54) is 0 Å². The molecule has 0 saturated heterocycles. The van der Waals surface area contributed by atoms with Crippen LogP contribution in [-0.2, 0) is 10.0 Å². The van der Waals surface area contributed by atoms with Crippen molar-refractivity contribution in [3.8, 4) is 0 Å². The molecule has 0 radical (unpaired) electrons. The third-order valence-electron chi connectivity index (χ3n) is 3.94. The van der Waals surface area contributed by atoms with E-state index < -0.39 is 10.0 Å². The summed E-state index contributed by atoms with van der Waals surface area (Å²) in [7, 11) is -3.66. The number of carbonyl (C=O) groups excluding carboxylic acids is 1. The summed E-state index contributed by atoms with van der Waals surface area (Å²) in [5.41, 5.74) is 2.61. The van der Waals surface area contributed by atoms with E-state index in [9.17, 15) is 13.2 Å². The molecule has 3 rings (SSSR count). The number of nitrogens with one attached hydrogen (secondary N) is 3. The Morgan fingerprint density at radius 2 is 1.64 bits per heavy atom. The maximum atomic E-state index is 12.6. The second-order valence-electron chi connectivity index (χ2n) is 6.32. The van der Waals surface area contributed by atoms with Crippen molar-refractivity contribution in [2.75, 3.05) is 10.0 Å². The molecular weight excluding hydrogens is 338 g/mol. The number of amides is 2. The first kappa shape index (κ1) is 17.3. The first-order valence-corrected chi connectivity index (χ1v) is 9.59. The van der Waals surface area contributed by atoms with E-state index in [0.717, 1.165) is 18.4 Å². The molecule has 0 atom stereocenters. The molecule has 2 aromatic carbocycles. The van der Waals surface area contributed by atoms with Gasteiger partial charge in [0.2, 0.25) is 0 Å². The number of carbonyl (C=O) groups is 1. The highest BCUT2D eigenvalue weighted by molar-refractivity contribution is 7.92.